The van der Waals surface area contributed by atoms with E-state index in [1.807, 2.05) is 0 Å². The molecule has 0 saturated carbocycles. The Hall–Kier alpha value is -3.58. The second kappa shape index (κ2) is 8.04. The third-order valence-electron chi connectivity index (χ3n) is 4.83. The minimum absolute atomic E-state index is 0.0697. The first-order chi connectivity index (χ1) is 14.5. The molecule has 0 aliphatic carbocycles. The van der Waals surface area contributed by atoms with E-state index < -0.39 is 23.5 Å². The molecule has 1 amide bonds. The van der Waals surface area contributed by atoms with E-state index in [2.05, 4.69) is 4.98 Å². The molecule has 1 aliphatic rings. The van der Waals surface area contributed by atoms with Crippen LogP contribution in [-0.4, -0.2) is 33.8 Å². The molecule has 0 radical (unpaired) electrons. The number of ketones is 1. The molecule has 2 aromatic heterocycles. The van der Waals surface area contributed by atoms with Gasteiger partial charge in [0, 0.05) is 11.2 Å². The molecular weight excluding hydrogens is 408 g/mol. The summed E-state index contributed by atoms with van der Waals surface area (Å²) >= 11 is 6.08. The number of hydrogen-bond donors (Lipinski definition) is 1. The molecule has 1 atom stereocenters. The molecule has 1 unspecified atom stereocenters. The number of likely N-dealkylation sites (tertiary alicyclic amines) is 1. The Morgan fingerprint density at radius 1 is 1.23 bits per heavy atom. The average Bonchev–Trinajstić information content (AvgIpc) is 3.37. The van der Waals surface area contributed by atoms with E-state index in [1.54, 1.807) is 48.7 Å². The van der Waals surface area contributed by atoms with Gasteiger partial charge in [0.1, 0.15) is 23.3 Å². The van der Waals surface area contributed by atoms with Crippen molar-refractivity contribution >= 4 is 29.1 Å². The van der Waals surface area contributed by atoms with Gasteiger partial charge in [-0.15, -0.1) is 0 Å². The molecule has 1 saturated heterocycles. The minimum atomic E-state index is -0.925. The number of aliphatic hydroxyl groups is 1. The Balaban J connectivity index is 1.88. The lowest BCUT2D eigenvalue weighted by atomic mass is 9.98. The van der Waals surface area contributed by atoms with Gasteiger partial charge in [0.25, 0.3) is 11.7 Å². The van der Waals surface area contributed by atoms with Crippen molar-refractivity contribution in [2.75, 3.05) is 7.11 Å². The molecule has 7 nitrogen and oxygen atoms in total. The number of pyridine rings is 1. The quantitative estimate of drug-likeness (QED) is 0.378. The first-order valence-electron chi connectivity index (χ1n) is 9.07. The van der Waals surface area contributed by atoms with Crippen molar-refractivity contribution in [2.45, 2.75) is 12.6 Å². The summed E-state index contributed by atoms with van der Waals surface area (Å²) in [5, 5.41) is 11.4. The van der Waals surface area contributed by atoms with Crippen molar-refractivity contribution in [1.82, 2.24) is 9.88 Å². The maximum Gasteiger partial charge on any atom is 0.296 e. The molecule has 30 heavy (non-hydrogen) atoms. The van der Waals surface area contributed by atoms with Crippen LogP contribution >= 0.6 is 11.6 Å². The number of rotatable bonds is 5. The normalized spacial score (nSPS) is 18.1. The number of amides is 1. The van der Waals surface area contributed by atoms with Crippen LogP contribution in [0.25, 0.3) is 5.76 Å². The standard InChI is InChI=1S/C22H17ClN2O5/c1-29-16-8-7-13(23)11-15(16)20(26)18-19(17-6-4-10-30-17)25(22(28)21(18)27)12-14-5-2-3-9-24-14/h2-11,19,26H,12H2,1H3/b20-18-. The van der Waals surface area contributed by atoms with Crippen LogP contribution in [0.15, 0.2) is 71.0 Å². The van der Waals surface area contributed by atoms with Crippen LogP contribution in [-0.2, 0) is 16.1 Å². The number of methoxy groups -OCH3 is 1. The summed E-state index contributed by atoms with van der Waals surface area (Å²) in [5.74, 6) is -1.33. The molecule has 3 heterocycles. The number of hydrogen-bond acceptors (Lipinski definition) is 6. The first kappa shape index (κ1) is 19.7. The number of nitrogens with zero attached hydrogens (tertiary/aromatic N) is 2. The van der Waals surface area contributed by atoms with Gasteiger partial charge in [-0.3, -0.25) is 14.6 Å². The molecule has 152 valence electrons. The van der Waals surface area contributed by atoms with Crippen molar-refractivity contribution in [3.63, 3.8) is 0 Å². The fourth-order valence-corrected chi connectivity index (χ4v) is 3.63. The van der Waals surface area contributed by atoms with E-state index in [0.717, 1.165) is 0 Å². The monoisotopic (exact) mass is 424 g/mol. The molecule has 1 fully saturated rings. The zero-order valence-corrected chi connectivity index (χ0v) is 16.7. The molecular formula is C22H17ClN2O5. The van der Waals surface area contributed by atoms with Gasteiger partial charge in [-0.05, 0) is 42.5 Å². The molecule has 1 N–H and O–H groups in total. The van der Waals surface area contributed by atoms with E-state index in [-0.39, 0.29) is 17.7 Å². The van der Waals surface area contributed by atoms with Gasteiger partial charge in [0.2, 0.25) is 0 Å². The Morgan fingerprint density at radius 3 is 2.73 bits per heavy atom. The highest BCUT2D eigenvalue weighted by Crippen LogP contribution is 2.42. The largest absolute Gasteiger partial charge is 0.507 e. The Kier molecular flexibility index (Phi) is 5.29. The summed E-state index contributed by atoms with van der Waals surface area (Å²) in [4.78, 5) is 31.4. The molecule has 3 aromatic rings. The van der Waals surface area contributed by atoms with E-state index in [1.165, 1.54) is 24.3 Å². The van der Waals surface area contributed by atoms with Gasteiger partial charge in [-0.2, -0.15) is 0 Å². The Bertz CT molecular complexity index is 1130. The minimum Gasteiger partial charge on any atom is -0.507 e. The molecule has 4 rings (SSSR count). The van der Waals surface area contributed by atoms with Gasteiger partial charge in [0.15, 0.2) is 0 Å². The van der Waals surface area contributed by atoms with Crippen LogP contribution in [0.3, 0.4) is 0 Å². The van der Waals surface area contributed by atoms with Crippen molar-refractivity contribution < 1.29 is 23.8 Å². The van der Waals surface area contributed by atoms with Crippen LogP contribution in [0.1, 0.15) is 23.1 Å². The van der Waals surface area contributed by atoms with Crippen LogP contribution < -0.4 is 4.74 Å². The van der Waals surface area contributed by atoms with Crippen molar-refractivity contribution in [3.8, 4) is 5.75 Å². The van der Waals surface area contributed by atoms with Crippen molar-refractivity contribution in [2.24, 2.45) is 0 Å². The van der Waals surface area contributed by atoms with Gasteiger partial charge in [-0.1, -0.05) is 17.7 Å². The third-order valence-corrected chi connectivity index (χ3v) is 5.06. The van der Waals surface area contributed by atoms with Crippen molar-refractivity contribution in [1.29, 1.82) is 0 Å². The number of Topliss-reactive ketones (excluding diaryl/α,β-unsaturated/α-hetero) is 1. The van der Waals surface area contributed by atoms with Crippen LogP contribution in [0.2, 0.25) is 5.02 Å². The zero-order valence-electron chi connectivity index (χ0n) is 15.9. The fraction of sp³-hybridized carbons (Fsp3) is 0.136. The average molecular weight is 425 g/mol. The number of carbonyl (C=O) groups excluding carboxylic acids is 2. The summed E-state index contributed by atoms with van der Waals surface area (Å²) in [6, 6.07) is 12.3. The molecule has 0 bridgehead atoms. The van der Waals surface area contributed by atoms with Crippen LogP contribution in [0.5, 0.6) is 5.75 Å². The summed E-state index contributed by atoms with van der Waals surface area (Å²) in [6.07, 6.45) is 3.04. The second-order valence-corrected chi connectivity index (χ2v) is 7.04. The predicted octanol–water partition coefficient (Wildman–Crippen LogP) is 3.96. The zero-order chi connectivity index (χ0) is 21.3. The number of halogens is 1. The predicted molar refractivity (Wildman–Crippen MR) is 109 cm³/mol. The number of aromatic nitrogens is 1. The highest BCUT2D eigenvalue weighted by Gasteiger charge is 2.47. The SMILES string of the molecule is COc1ccc(Cl)cc1/C(O)=C1/C(=O)C(=O)N(Cc2ccccn2)C1c1ccco1. The Labute approximate surface area is 177 Å². The molecule has 1 aliphatic heterocycles. The molecule has 1 aromatic carbocycles. The van der Waals surface area contributed by atoms with Crippen molar-refractivity contribution in [3.05, 3.63) is 88.6 Å². The Morgan fingerprint density at radius 2 is 2.07 bits per heavy atom. The maximum absolute atomic E-state index is 13.0. The number of benzene rings is 1. The number of aliphatic hydroxyl groups excluding tert-OH is 1. The molecule has 0 spiro atoms. The van der Waals surface area contributed by atoms with Crippen LogP contribution in [0, 0.1) is 0 Å². The number of carbonyl (C=O) groups is 2. The fourth-order valence-electron chi connectivity index (χ4n) is 3.46. The van der Waals surface area contributed by atoms with Gasteiger partial charge < -0.3 is 19.2 Å². The van der Waals surface area contributed by atoms with E-state index in [4.69, 9.17) is 20.8 Å². The maximum atomic E-state index is 13.0. The lowest BCUT2D eigenvalue weighted by Crippen LogP contribution is -2.29. The lowest BCUT2D eigenvalue weighted by molar-refractivity contribution is -0.140. The summed E-state index contributed by atoms with van der Waals surface area (Å²) in [6.45, 7) is 0.0697. The number of ether oxygens (including phenoxy) is 1. The van der Waals surface area contributed by atoms with Gasteiger partial charge >= 0.3 is 0 Å². The summed E-state index contributed by atoms with van der Waals surface area (Å²) < 4.78 is 10.8. The lowest BCUT2D eigenvalue weighted by Gasteiger charge is -2.23. The topological polar surface area (TPSA) is 92.9 Å². The highest BCUT2D eigenvalue weighted by atomic mass is 35.5. The second-order valence-electron chi connectivity index (χ2n) is 6.61. The van der Waals surface area contributed by atoms with Crippen LogP contribution in [0.4, 0.5) is 0 Å². The first-order valence-corrected chi connectivity index (χ1v) is 9.44. The molecule has 8 heteroatoms. The summed E-state index contributed by atoms with van der Waals surface area (Å²) in [7, 11) is 1.43. The third kappa shape index (κ3) is 3.44. The van der Waals surface area contributed by atoms with E-state index in [0.29, 0.717) is 22.2 Å². The number of furan rings is 1. The summed E-state index contributed by atoms with van der Waals surface area (Å²) in [5.41, 5.74) is 0.695. The van der Waals surface area contributed by atoms with Gasteiger partial charge in [0.05, 0.1) is 36.7 Å². The van der Waals surface area contributed by atoms with Gasteiger partial charge in [-0.25, -0.2) is 0 Å². The van der Waals surface area contributed by atoms with E-state index >= 15 is 0 Å². The highest BCUT2D eigenvalue weighted by molar-refractivity contribution is 6.46. The van der Waals surface area contributed by atoms with E-state index in [9.17, 15) is 14.7 Å². The smallest absolute Gasteiger partial charge is 0.296 e.